The molecule has 0 aromatic heterocycles. The zero-order chi connectivity index (χ0) is 15.3. The SMILES string of the molecule is CNC1(CC(=O)c2c(OC)cccc2OC)CCCCC1. The highest BCUT2D eigenvalue weighted by Gasteiger charge is 2.34. The van der Waals surface area contributed by atoms with Gasteiger partial charge in [0.1, 0.15) is 17.1 Å². The first-order valence-corrected chi connectivity index (χ1v) is 7.59. The summed E-state index contributed by atoms with van der Waals surface area (Å²) in [4.78, 5) is 12.8. The molecule has 4 nitrogen and oxygen atoms in total. The summed E-state index contributed by atoms with van der Waals surface area (Å²) in [7, 11) is 5.12. The number of ether oxygens (including phenoxy) is 2. The summed E-state index contributed by atoms with van der Waals surface area (Å²) in [5, 5.41) is 3.39. The van der Waals surface area contributed by atoms with Gasteiger partial charge >= 0.3 is 0 Å². The summed E-state index contributed by atoms with van der Waals surface area (Å²) < 4.78 is 10.7. The summed E-state index contributed by atoms with van der Waals surface area (Å²) in [6.07, 6.45) is 6.20. The van der Waals surface area contributed by atoms with Gasteiger partial charge in [0.15, 0.2) is 5.78 Å². The maximum absolute atomic E-state index is 12.8. The normalized spacial score (nSPS) is 17.3. The van der Waals surface area contributed by atoms with Crippen LogP contribution in [0.2, 0.25) is 0 Å². The number of hydrogen-bond donors (Lipinski definition) is 1. The third kappa shape index (κ3) is 3.38. The quantitative estimate of drug-likeness (QED) is 0.818. The van der Waals surface area contributed by atoms with E-state index in [1.165, 1.54) is 19.3 Å². The molecule has 0 bridgehead atoms. The Hall–Kier alpha value is -1.55. The average Bonchev–Trinajstić information content (AvgIpc) is 2.54. The monoisotopic (exact) mass is 291 g/mol. The Balaban J connectivity index is 2.27. The highest BCUT2D eigenvalue weighted by atomic mass is 16.5. The molecule has 0 heterocycles. The van der Waals surface area contributed by atoms with Gasteiger partial charge in [-0.3, -0.25) is 4.79 Å². The summed E-state index contributed by atoms with van der Waals surface area (Å²) in [5.41, 5.74) is 0.476. The summed E-state index contributed by atoms with van der Waals surface area (Å²) >= 11 is 0. The third-order valence-corrected chi connectivity index (χ3v) is 4.55. The minimum atomic E-state index is -0.0821. The van der Waals surface area contributed by atoms with Crippen LogP contribution < -0.4 is 14.8 Å². The van der Waals surface area contributed by atoms with Crippen molar-refractivity contribution < 1.29 is 14.3 Å². The van der Waals surface area contributed by atoms with E-state index in [2.05, 4.69) is 5.32 Å². The largest absolute Gasteiger partial charge is 0.496 e. The minimum absolute atomic E-state index is 0.0821. The number of methoxy groups -OCH3 is 2. The fraction of sp³-hybridized carbons (Fsp3) is 0.588. The van der Waals surface area contributed by atoms with Crippen molar-refractivity contribution in [2.45, 2.75) is 44.1 Å². The molecule has 0 radical (unpaired) electrons. The van der Waals surface area contributed by atoms with Crippen LogP contribution in [0.1, 0.15) is 48.9 Å². The Morgan fingerprint density at radius 3 is 2.19 bits per heavy atom. The van der Waals surface area contributed by atoms with E-state index in [4.69, 9.17) is 9.47 Å². The van der Waals surface area contributed by atoms with E-state index in [1.807, 2.05) is 25.2 Å². The topological polar surface area (TPSA) is 47.6 Å². The van der Waals surface area contributed by atoms with Gasteiger partial charge in [0.2, 0.25) is 0 Å². The van der Waals surface area contributed by atoms with Crippen molar-refractivity contribution in [3.05, 3.63) is 23.8 Å². The maximum atomic E-state index is 12.8. The molecule has 2 rings (SSSR count). The van der Waals surface area contributed by atoms with Gasteiger partial charge in [0.05, 0.1) is 14.2 Å². The maximum Gasteiger partial charge on any atom is 0.172 e. The molecule has 0 atom stereocenters. The molecule has 0 spiro atoms. The van der Waals surface area contributed by atoms with Gasteiger partial charge in [-0.25, -0.2) is 0 Å². The molecule has 1 saturated carbocycles. The standard InChI is InChI=1S/C17H25NO3/c1-18-17(10-5-4-6-11-17)12-13(19)16-14(20-2)8-7-9-15(16)21-3/h7-9,18H,4-6,10-12H2,1-3H3. The first-order valence-electron chi connectivity index (χ1n) is 7.59. The molecule has 1 aliphatic carbocycles. The summed E-state index contributed by atoms with van der Waals surface area (Å²) in [6.45, 7) is 0. The molecule has 4 heteroatoms. The number of Topliss-reactive ketones (excluding diaryl/α,β-unsaturated/α-hetero) is 1. The molecule has 116 valence electrons. The molecule has 0 saturated heterocycles. The van der Waals surface area contributed by atoms with Crippen LogP contribution in [0.5, 0.6) is 11.5 Å². The molecule has 1 aromatic carbocycles. The number of rotatable bonds is 6. The van der Waals surface area contributed by atoms with Crippen molar-refractivity contribution in [3.8, 4) is 11.5 Å². The van der Waals surface area contributed by atoms with Crippen LogP contribution >= 0.6 is 0 Å². The van der Waals surface area contributed by atoms with Crippen LogP contribution in [0, 0.1) is 0 Å². The van der Waals surface area contributed by atoms with Gasteiger partial charge in [0.25, 0.3) is 0 Å². The van der Waals surface area contributed by atoms with Crippen molar-refractivity contribution in [3.63, 3.8) is 0 Å². The van der Waals surface area contributed by atoms with Crippen molar-refractivity contribution >= 4 is 5.78 Å². The minimum Gasteiger partial charge on any atom is -0.496 e. The van der Waals surface area contributed by atoms with Crippen LogP contribution in [0.4, 0.5) is 0 Å². The Kier molecular flexibility index (Phi) is 5.23. The van der Waals surface area contributed by atoms with Gasteiger partial charge in [-0.2, -0.15) is 0 Å². The van der Waals surface area contributed by atoms with Crippen molar-refractivity contribution in [2.75, 3.05) is 21.3 Å². The molecule has 21 heavy (non-hydrogen) atoms. The fourth-order valence-corrected chi connectivity index (χ4v) is 3.27. The molecule has 0 amide bonds. The Morgan fingerprint density at radius 2 is 1.71 bits per heavy atom. The van der Waals surface area contributed by atoms with Crippen molar-refractivity contribution in [2.24, 2.45) is 0 Å². The number of nitrogens with one attached hydrogen (secondary N) is 1. The van der Waals surface area contributed by atoms with Crippen LogP contribution in [0.25, 0.3) is 0 Å². The van der Waals surface area contributed by atoms with E-state index >= 15 is 0 Å². The Bertz CT molecular complexity index is 471. The molecular weight excluding hydrogens is 266 g/mol. The molecule has 1 aliphatic rings. The fourth-order valence-electron chi connectivity index (χ4n) is 3.27. The molecule has 1 fully saturated rings. The van der Waals surface area contributed by atoms with E-state index in [1.54, 1.807) is 14.2 Å². The predicted molar refractivity (Wildman–Crippen MR) is 83.4 cm³/mol. The van der Waals surface area contributed by atoms with Crippen molar-refractivity contribution in [1.29, 1.82) is 0 Å². The zero-order valence-corrected chi connectivity index (χ0v) is 13.2. The Labute approximate surface area is 126 Å². The second-order valence-corrected chi connectivity index (χ2v) is 5.73. The van der Waals surface area contributed by atoms with Crippen LogP contribution in [0.15, 0.2) is 18.2 Å². The number of hydrogen-bond acceptors (Lipinski definition) is 4. The highest BCUT2D eigenvalue weighted by molar-refractivity contribution is 6.02. The number of benzene rings is 1. The lowest BCUT2D eigenvalue weighted by Gasteiger charge is -2.36. The van der Waals surface area contributed by atoms with Crippen LogP contribution in [0.3, 0.4) is 0 Å². The van der Waals surface area contributed by atoms with E-state index in [0.29, 0.717) is 23.5 Å². The molecule has 0 aliphatic heterocycles. The zero-order valence-electron chi connectivity index (χ0n) is 13.2. The lowest BCUT2D eigenvalue weighted by molar-refractivity contribution is 0.0908. The van der Waals surface area contributed by atoms with Crippen LogP contribution in [-0.4, -0.2) is 32.6 Å². The van der Waals surface area contributed by atoms with Gasteiger partial charge in [0, 0.05) is 12.0 Å². The number of ketones is 1. The smallest absolute Gasteiger partial charge is 0.172 e. The van der Waals surface area contributed by atoms with Gasteiger partial charge < -0.3 is 14.8 Å². The predicted octanol–water partition coefficient (Wildman–Crippen LogP) is 3.20. The van der Waals surface area contributed by atoms with E-state index in [9.17, 15) is 4.79 Å². The molecular formula is C17H25NO3. The lowest BCUT2D eigenvalue weighted by atomic mass is 9.77. The highest BCUT2D eigenvalue weighted by Crippen LogP contribution is 2.35. The molecule has 1 aromatic rings. The second-order valence-electron chi connectivity index (χ2n) is 5.73. The van der Waals surface area contributed by atoms with Crippen molar-refractivity contribution in [1.82, 2.24) is 5.32 Å². The summed E-state index contributed by atoms with van der Waals surface area (Å²) in [5.74, 6) is 1.25. The van der Waals surface area contributed by atoms with Crippen LogP contribution in [-0.2, 0) is 0 Å². The lowest BCUT2D eigenvalue weighted by Crippen LogP contribution is -2.46. The Morgan fingerprint density at radius 1 is 1.14 bits per heavy atom. The molecule has 0 unspecified atom stereocenters. The van der Waals surface area contributed by atoms with Gasteiger partial charge in [-0.05, 0) is 32.0 Å². The van der Waals surface area contributed by atoms with E-state index in [0.717, 1.165) is 12.8 Å². The van der Waals surface area contributed by atoms with Gasteiger partial charge in [-0.15, -0.1) is 0 Å². The number of carbonyl (C=O) groups is 1. The first kappa shape index (κ1) is 15.8. The van der Waals surface area contributed by atoms with E-state index < -0.39 is 0 Å². The van der Waals surface area contributed by atoms with E-state index in [-0.39, 0.29) is 11.3 Å². The summed E-state index contributed by atoms with van der Waals surface area (Å²) in [6, 6.07) is 5.45. The molecule has 1 N–H and O–H groups in total. The van der Waals surface area contributed by atoms with Gasteiger partial charge in [-0.1, -0.05) is 25.3 Å². The third-order valence-electron chi connectivity index (χ3n) is 4.55. The first-order chi connectivity index (χ1) is 10.2. The number of carbonyl (C=O) groups excluding carboxylic acids is 1. The second kappa shape index (κ2) is 6.94. The average molecular weight is 291 g/mol.